The molecule has 1 aliphatic heterocycles. The van der Waals surface area contributed by atoms with Crippen molar-refractivity contribution in [1.29, 1.82) is 0 Å². The Morgan fingerprint density at radius 1 is 0.969 bits per heavy atom. The minimum absolute atomic E-state index is 0.0685. The summed E-state index contributed by atoms with van der Waals surface area (Å²) in [6, 6.07) is 10.9. The van der Waals surface area contributed by atoms with Crippen LogP contribution in [-0.4, -0.2) is 62.6 Å². The van der Waals surface area contributed by atoms with Gasteiger partial charge in [0.25, 0.3) is 0 Å². The smallest absolute Gasteiger partial charge is 0.352 e. The van der Waals surface area contributed by atoms with E-state index in [-0.39, 0.29) is 22.7 Å². The second-order valence-electron chi connectivity index (χ2n) is 7.13. The van der Waals surface area contributed by atoms with Crippen molar-refractivity contribution in [1.82, 2.24) is 24.9 Å². The van der Waals surface area contributed by atoms with Crippen LogP contribution in [0.25, 0.3) is 5.82 Å². The number of nitrogens with zero attached hydrogens (tertiary/aromatic N) is 6. The van der Waals surface area contributed by atoms with Crippen LogP contribution in [0.1, 0.15) is 5.69 Å². The summed E-state index contributed by atoms with van der Waals surface area (Å²) in [6.07, 6.45) is 1.82. The zero-order valence-electron chi connectivity index (χ0n) is 17.1. The van der Waals surface area contributed by atoms with Gasteiger partial charge in [-0.1, -0.05) is 0 Å². The van der Waals surface area contributed by atoms with E-state index >= 15 is 0 Å². The van der Waals surface area contributed by atoms with Crippen LogP contribution in [0.4, 0.5) is 29.5 Å². The molecule has 3 heterocycles. The molecular formula is C20H20F3N7OS. The number of hydrogen-bond donors (Lipinski definition) is 1. The monoisotopic (exact) mass is 463 g/mol. The molecule has 1 aliphatic rings. The molecule has 32 heavy (non-hydrogen) atoms. The molecule has 0 radical (unpaired) electrons. The van der Waals surface area contributed by atoms with Gasteiger partial charge in [-0.05, 0) is 61.2 Å². The third-order valence-electron chi connectivity index (χ3n) is 4.82. The lowest BCUT2D eigenvalue weighted by Crippen LogP contribution is -2.50. The summed E-state index contributed by atoms with van der Waals surface area (Å²) < 4.78 is 38.9. The van der Waals surface area contributed by atoms with Gasteiger partial charge in [-0.25, -0.2) is 9.48 Å². The number of carbonyl (C=O) groups excluding carboxylic acids is 1. The zero-order valence-corrected chi connectivity index (χ0v) is 17.9. The van der Waals surface area contributed by atoms with Crippen molar-refractivity contribution in [2.24, 2.45) is 0 Å². The molecule has 1 fully saturated rings. The highest BCUT2D eigenvalue weighted by molar-refractivity contribution is 8.00. The first-order valence-corrected chi connectivity index (χ1v) is 10.6. The van der Waals surface area contributed by atoms with E-state index < -0.39 is 5.51 Å². The molecule has 2 aromatic heterocycles. The van der Waals surface area contributed by atoms with E-state index in [0.717, 1.165) is 11.5 Å². The first-order chi connectivity index (χ1) is 15.3. The summed E-state index contributed by atoms with van der Waals surface area (Å²) >= 11 is -0.189. The number of benzene rings is 1. The number of rotatable bonds is 4. The highest BCUT2D eigenvalue weighted by Crippen LogP contribution is 2.37. The van der Waals surface area contributed by atoms with Gasteiger partial charge in [-0.15, -0.1) is 10.2 Å². The standard InChI is InChI=1S/C20H20F3N7OS/c1-14-8-9-30(27-14)18-7-6-17(25-26-18)28-10-12-29(13-11-28)19(31)24-15-2-4-16(5-3-15)32-20(21,22)23/h2-9H,10-13H2,1H3,(H,24,31). The highest BCUT2D eigenvalue weighted by atomic mass is 32.2. The number of nitrogens with one attached hydrogen (secondary N) is 1. The van der Waals surface area contributed by atoms with Crippen LogP contribution in [0.3, 0.4) is 0 Å². The Bertz CT molecular complexity index is 1060. The normalized spacial score (nSPS) is 14.5. The second-order valence-corrected chi connectivity index (χ2v) is 8.27. The van der Waals surface area contributed by atoms with Crippen molar-refractivity contribution in [2.45, 2.75) is 17.3 Å². The number of thioether (sulfide) groups is 1. The van der Waals surface area contributed by atoms with Crippen LogP contribution in [0.2, 0.25) is 0 Å². The second kappa shape index (κ2) is 9.07. The quantitative estimate of drug-likeness (QED) is 0.591. The topological polar surface area (TPSA) is 79.2 Å². The van der Waals surface area contributed by atoms with Crippen LogP contribution in [-0.2, 0) is 0 Å². The number of carbonyl (C=O) groups is 1. The fraction of sp³-hybridized carbons (Fsp3) is 0.300. The molecule has 0 bridgehead atoms. The van der Waals surface area contributed by atoms with Gasteiger partial charge in [0.15, 0.2) is 11.6 Å². The van der Waals surface area contributed by atoms with Crippen LogP contribution in [0.15, 0.2) is 53.6 Å². The Morgan fingerprint density at radius 3 is 2.19 bits per heavy atom. The first-order valence-electron chi connectivity index (χ1n) is 9.80. The summed E-state index contributed by atoms with van der Waals surface area (Å²) in [7, 11) is 0. The molecule has 8 nitrogen and oxygen atoms in total. The van der Waals surface area contributed by atoms with Crippen LogP contribution in [0, 0.1) is 6.92 Å². The van der Waals surface area contributed by atoms with Gasteiger partial charge in [-0.2, -0.15) is 18.3 Å². The van der Waals surface area contributed by atoms with Crippen molar-refractivity contribution >= 4 is 29.3 Å². The maximum absolute atomic E-state index is 12.5. The van der Waals surface area contributed by atoms with E-state index in [9.17, 15) is 18.0 Å². The molecule has 1 saturated heterocycles. The Balaban J connectivity index is 1.29. The summed E-state index contributed by atoms with van der Waals surface area (Å²) in [5, 5.41) is 15.5. The molecule has 4 rings (SSSR count). The maximum Gasteiger partial charge on any atom is 0.446 e. The molecule has 1 aromatic carbocycles. The number of piperazine rings is 1. The van der Waals surface area contributed by atoms with E-state index in [4.69, 9.17) is 0 Å². The van der Waals surface area contributed by atoms with Crippen molar-refractivity contribution < 1.29 is 18.0 Å². The summed E-state index contributed by atoms with van der Waals surface area (Å²) in [6.45, 7) is 4.04. The molecule has 2 amide bonds. The van der Waals surface area contributed by atoms with Gasteiger partial charge in [0.05, 0.1) is 5.69 Å². The Labute approximate surface area is 186 Å². The molecule has 0 saturated carbocycles. The van der Waals surface area contributed by atoms with Crippen LogP contribution < -0.4 is 10.2 Å². The number of amides is 2. The number of urea groups is 1. The van der Waals surface area contributed by atoms with E-state index in [1.807, 2.05) is 36.2 Å². The summed E-state index contributed by atoms with van der Waals surface area (Å²) in [5.41, 5.74) is -3.01. The van der Waals surface area contributed by atoms with E-state index in [1.165, 1.54) is 24.3 Å². The van der Waals surface area contributed by atoms with Gasteiger partial charge in [0.1, 0.15) is 0 Å². The number of aromatic nitrogens is 4. The fourth-order valence-corrected chi connectivity index (χ4v) is 3.77. The first kappa shape index (κ1) is 21.9. The summed E-state index contributed by atoms with van der Waals surface area (Å²) in [4.78, 5) is 16.3. The molecule has 0 spiro atoms. The van der Waals surface area contributed by atoms with Crippen LogP contribution in [0.5, 0.6) is 0 Å². The van der Waals surface area contributed by atoms with E-state index in [2.05, 4.69) is 20.6 Å². The van der Waals surface area contributed by atoms with Gasteiger partial charge in [0, 0.05) is 43.0 Å². The minimum Gasteiger partial charge on any atom is -0.352 e. The molecule has 0 aliphatic carbocycles. The van der Waals surface area contributed by atoms with Crippen LogP contribution >= 0.6 is 11.8 Å². The van der Waals surface area contributed by atoms with E-state index in [1.54, 1.807) is 9.58 Å². The lowest BCUT2D eigenvalue weighted by molar-refractivity contribution is -0.0328. The number of halogens is 3. The molecule has 12 heteroatoms. The SMILES string of the molecule is Cc1ccn(-c2ccc(N3CCN(C(=O)Nc4ccc(SC(F)(F)F)cc4)CC3)nn2)n1. The third kappa shape index (κ3) is 5.49. The van der Waals surface area contributed by atoms with Gasteiger partial charge in [0.2, 0.25) is 0 Å². The third-order valence-corrected chi connectivity index (χ3v) is 5.56. The van der Waals surface area contributed by atoms with Crippen molar-refractivity contribution in [3.63, 3.8) is 0 Å². The highest BCUT2D eigenvalue weighted by Gasteiger charge is 2.29. The lowest BCUT2D eigenvalue weighted by Gasteiger charge is -2.35. The number of alkyl halides is 3. The average Bonchev–Trinajstić information content (AvgIpc) is 3.21. The van der Waals surface area contributed by atoms with Crippen molar-refractivity contribution in [3.8, 4) is 5.82 Å². The number of aryl methyl sites for hydroxylation is 1. The van der Waals surface area contributed by atoms with Gasteiger partial charge in [-0.3, -0.25) is 0 Å². The Morgan fingerprint density at radius 2 is 1.62 bits per heavy atom. The summed E-state index contributed by atoms with van der Waals surface area (Å²) in [5.74, 6) is 1.34. The molecule has 168 valence electrons. The lowest BCUT2D eigenvalue weighted by atomic mass is 10.3. The molecule has 1 N–H and O–H groups in total. The maximum atomic E-state index is 12.5. The van der Waals surface area contributed by atoms with Gasteiger partial charge >= 0.3 is 11.5 Å². The van der Waals surface area contributed by atoms with Gasteiger partial charge < -0.3 is 15.1 Å². The number of hydrogen-bond acceptors (Lipinski definition) is 6. The molecule has 3 aromatic rings. The van der Waals surface area contributed by atoms with E-state index in [0.29, 0.717) is 37.7 Å². The molecule has 0 atom stereocenters. The molecule has 0 unspecified atom stereocenters. The Kier molecular flexibility index (Phi) is 6.21. The predicted octanol–water partition coefficient (Wildman–Crippen LogP) is 3.94. The number of anilines is 2. The van der Waals surface area contributed by atoms with Crippen molar-refractivity contribution in [3.05, 3.63) is 54.4 Å². The average molecular weight is 463 g/mol. The fourth-order valence-electron chi connectivity index (χ4n) is 3.23. The van der Waals surface area contributed by atoms with Crippen molar-refractivity contribution in [2.75, 3.05) is 36.4 Å². The minimum atomic E-state index is -4.34. The molecular weight excluding hydrogens is 443 g/mol. The zero-order chi connectivity index (χ0) is 22.7. The predicted molar refractivity (Wildman–Crippen MR) is 115 cm³/mol. The largest absolute Gasteiger partial charge is 0.446 e. The Hall–Kier alpha value is -3.28.